The molecule has 1 aromatic carbocycles. The summed E-state index contributed by atoms with van der Waals surface area (Å²) in [7, 11) is 1.59. The highest BCUT2D eigenvalue weighted by atomic mass is 19.4. The highest BCUT2D eigenvalue weighted by Crippen LogP contribution is 2.45. The van der Waals surface area contributed by atoms with Crippen molar-refractivity contribution in [1.82, 2.24) is 34.9 Å². The van der Waals surface area contributed by atoms with Crippen LogP contribution in [0.3, 0.4) is 0 Å². The third kappa shape index (κ3) is 4.80. The fraction of sp³-hybridized carbons (Fsp3) is 0.429. The van der Waals surface area contributed by atoms with Crippen LogP contribution in [0.2, 0.25) is 0 Å². The van der Waals surface area contributed by atoms with Gasteiger partial charge in [-0.15, -0.1) is 0 Å². The summed E-state index contributed by atoms with van der Waals surface area (Å²) in [6, 6.07) is 6.72. The van der Waals surface area contributed by atoms with Crippen LogP contribution < -0.4 is 10.2 Å². The van der Waals surface area contributed by atoms with E-state index in [1.165, 1.54) is 10.9 Å². The van der Waals surface area contributed by atoms with E-state index in [4.69, 9.17) is 4.74 Å². The molecular formula is C28H30F3N7O2. The van der Waals surface area contributed by atoms with Crippen LogP contribution >= 0.6 is 0 Å². The third-order valence-corrected chi connectivity index (χ3v) is 7.49. The molecule has 0 radical (unpaired) electrons. The maximum absolute atomic E-state index is 13.3. The predicted octanol–water partition coefficient (Wildman–Crippen LogP) is 4.96. The van der Waals surface area contributed by atoms with Crippen LogP contribution in [0.15, 0.2) is 48.7 Å². The van der Waals surface area contributed by atoms with Crippen LogP contribution in [0.5, 0.6) is 5.88 Å². The van der Waals surface area contributed by atoms with Crippen molar-refractivity contribution in [3.63, 3.8) is 0 Å². The van der Waals surface area contributed by atoms with Gasteiger partial charge in [-0.05, 0) is 38.3 Å². The molecule has 0 spiro atoms. The summed E-state index contributed by atoms with van der Waals surface area (Å²) >= 11 is 0. The van der Waals surface area contributed by atoms with Gasteiger partial charge in [-0.3, -0.25) is 14.7 Å². The van der Waals surface area contributed by atoms with E-state index in [-0.39, 0.29) is 23.8 Å². The molecule has 4 heterocycles. The molecule has 2 aromatic heterocycles. The molecule has 0 bridgehead atoms. The van der Waals surface area contributed by atoms with Gasteiger partial charge < -0.3 is 9.30 Å². The van der Waals surface area contributed by atoms with E-state index in [0.717, 1.165) is 41.7 Å². The van der Waals surface area contributed by atoms with E-state index < -0.39 is 11.9 Å². The summed E-state index contributed by atoms with van der Waals surface area (Å²) < 4.78 is 47.1. The van der Waals surface area contributed by atoms with Gasteiger partial charge in [-0.25, -0.2) is 20.4 Å². The lowest BCUT2D eigenvalue weighted by Gasteiger charge is -2.36. The quantitative estimate of drug-likeness (QED) is 0.443. The molecule has 1 saturated heterocycles. The third-order valence-electron chi connectivity index (χ3n) is 7.49. The Kier molecular flexibility index (Phi) is 6.52. The van der Waals surface area contributed by atoms with Gasteiger partial charge in [0, 0.05) is 36.7 Å². The lowest BCUT2D eigenvalue weighted by atomic mass is 10.0. The van der Waals surface area contributed by atoms with E-state index in [1.54, 1.807) is 24.1 Å². The monoisotopic (exact) mass is 553 g/mol. The SMILES string of the molecule is COc1ncnc(C2CC2)c1C1C=C2N(CCC(=O)N2Cc2ccc(-c3nc(C(F)(F)F)cn3C(C)C)cc2)N1. The standard InChI is InChI=1S/C28H30F3N7O2/c1-16(2)36-14-21(28(29,30)31)34-26(36)19-6-4-17(5-7-19)13-37-22-12-20(35-38(22)11-10-23(37)39)24-25(18-8-9-18)32-15-33-27(24)40-3/h4-7,12,14-16,18,20,35H,8-11,13H2,1-3H3. The van der Waals surface area contributed by atoms with Crippen molar-refractivity contribution in [2.24, 2.45) is 0 Å². The number of hydrazine groups is 1. The molecule has 210 valence electrons. The largest absolute Gasteiger partial charge is 0.481 e. The summed E-state index contributed by atoms with van der Waals surface area (Å²) in [5.41, 5.74) is 5.86. The first-order valence-electron chi connectivity index (χ1n) is 13.3. The van der Waals surface area contributed by atoms with E-state index in [0.29, 0.717) is 36.9 Å². The first-order chi connectivity index (χ1) is 19.1. The molecule has 1 N–H and O–H groups in total. The van der Waals surface area contributed by atoms with Crippen LogP contribution in [0, 0.1) is 0 Å². The molecule has 6 rings (SSSR count). The second kappa shape index (κ2) is 9.92. The Morgan fingerprint density at radius 1 is 1.15 bits per heavy atom. The van der Waals surface area contributed by atoms with Crippen LogP contribution in [0.1, 0.15) is 73.6 Å². The van der Waals surface area contributed by atoms with Crippen LogP contribution in [-0.2, 0) is 17.5 Å². The van der Waals surface area contributed by atoms with E-state index in [1.807, 2.05) is 37.1 Å². The number of carbonyl (C=O) groups excluding carboxylic acids is 1. The number of fused-ring (bicyclic) bond motifs is 1. The Balaban J connectivity index is 1.27. The Labute approximate surface area is 229 Å². The van der Waals surface area contributed by atoms with Crippen molar-refractivity contribution in [1.29, 1.82) is 0 Å². The summed E-state index contributed by atoms with van der Waals surface area (Å²) in [5.74, 6) is 1.92. The zero-order chi connectivity index (χ0) is 28.2. The zero-order valence-electron chi connectivity index (χ0n) is 22.4. The van der Waals surface area contributed by atoms with Crippen molar-refractivity contribution >= 4 is 5.91 Å². The van der Waals surface area contributed by atoms with Crippen LogP contribution in [0.25, 0.3) is 11.4 Å². The van der Waals surface area contributed by atoms with Crippen molar-refractivity contribution in [2.75, 3.05) is 13.7 Å². The maximum Gasteiger partial charge on any atom is 0.434 e. The number of amides is 1. The smallest absolute Gasteiger partial charge is 0.434 e. The van der Waals surface area contributed by atoms with Crippen molar-refractivity contribution in [3.8, 4) is 17.3 Å². The molecule has 3 aliphatic rings. The molecule has 1 atom stereocenters. The zero-order valence-corrected chi connectivity index (χ0v) is 22.4. The molecule has 1 unspecified atom stereocenters. The van der Waals surface area contributed by atoms with Gasteiger partial charge in [0.2, 0.25) is 11.8 Å². The van der Waals surface area contributed by atoms with Crippen molar-refractivity contribution < 1.29 is 22.7 Å². The minimum absolute atomic E-state index is 0.00195. The van der Waals surface area contributed by atoms with E-state index >= 15 is 0 Å². The molecular weight excluding hydrogens is 523 g/mol. The average Bonchev–Trinajstić information content (AvgIpc) is 3.51. The number of hydrogen-bond donors (Lipinski definition) is 1. The number of ether oxygens (including phenoxy) is 1. The van der Waals surface area contributed by atoms with Gasteiger partial charge in [0.25, 0.3) is 0 Å². The van der Waals surface area contributed by atoms with Crippen molar-refractivity contribution in [3.05, 3.63) is 71.2 Å². The number of halogens is 3. The number of methoxy groups -OCH3 is 1. The van der Waals surface area contributed by atoms with Gasteiger partial charge in [0.05, 0.1) is 31.0 Å². The molecule has 1 saturated carbocycles. The molecule has 9 nitrogen and oxygen atoms in total. The number of nitrogens with zero attached hydrogens (tertiary/aromatic N) is 6. The predicted molar refractivity (Wildman–Crippen MR) is 139 cm³/mol. The molecule has 40 heavy (non-hydrogen) atoms. The summed E-state index contributed by atoms with van der Waals surface area (Å²) in [6.45, 7) is 4.48. The number of imidazole rings is 1. The molecule has 2 aliphatic heterocycles. The minimum atomic E-state index is -4.52. The first kappa shape index (κ1) is 26.3. The summed E-state index contributed by atoms with van der Waals surface area (Å²) in [5, 5.41) is 1.97. The number of aromatic nitrogens is 4. The Morgan fingerprint density at radius 3 is 2.55 bits per heavy atom. The maximum atomic E-state index is 13.3. The lowest BCUT2D eigenvalue weighted by molar-refractivity contribution is -0.141. The number of benzene rings is 1. The molecule has 2 fully saturated rings. The molecule has 1 amide bonds. The fourth-order valence-corrected chi connectivity index (χ4v) is 5.32. The topological polar surface area (TPSA) is 88.4 Å². The van der Waals surface area contributed by atoms with E-state index in [9.17, 15) is 18.0 Å². The van der Waals surface area contributed by atoms with Gasteiger partial charge in [-0.1, -0.05) is 24.3 Å². The Bertz CT molecular complexity index is 1460. The van der Waals surface area contributed by atoms with E-state index in [2.05, 4.69) is 20.4 Å². The number of nitrogens with one attached hydrogen (secondary N) is 1. The van der Waals surface area contributed by atoms with Crippen LogP contribution in [-0.4, -0.2) is 49.0 Å². The molecule has 1 aliphatic carbocycles. The highest BCUT2D eigenvalue weighted by Gasteiger charge is 2.39. The average molecular weight is 554 g/mol. The van der Waals surface area contributed by atoms with Gasteiger partial charge in [-0.2, -0.15) is 13.2 Å². The Morgan fingerprint density at radius 2 is 1.90 bits per heavy atom. The number of carbonyl (C=O) groups is 1. The second-order valence-corrected chi connectivity index (χ2v) is 10.6. The fourth-order valence-electron chi connectivity index (χ4n) is 5.32. The number of rotatable bonds is 7. The second-order valence-electron chi connectivity index (χ2n) is 10.6. The minimum Gasteiger partial charge on any atom is -0.481 e. The number of hydrogen-bond acceptors (Lipinski definition) is 7. The lowest BCUT2D eigenvalue weighted by Crippen LogP contribution is -2.48. The normalized spacial score (nSPS) is 19.3. The highest BCUT2D eigenvalue weighted by molar-refractivity contribution is 5.79. The van der Waals surface area contributed by atoms with Gasteiger partial charge >= 0.3 is 6.18 Å². The summed E-state index contributed by atoms with van der Waals surface area (Å²) in [6.07, 6.45) is 2.57. The Hall–Kier alpha value is -3.93. The van der Waals surface area contributed by atoms with Crippen molar-refractivity contribution in [2.45, 2.75) is 63.8 Å². The van der Waals surface area contributed by atoms with Crippen LogP contribution in [0.4, 0.5) is 13.2 Å². The molecule has 12 heteroatoms. The van der Waals surface area contributed by atoms with Gasteiger partial charge in [0.1, 0.15) is 18.0 Å². The first-order valence-corrected chi connectivity index (χ1v) is 13.3. The van der Waals surface area contributed by atoms with Gasteiger partial charge in [0.15, 0.2) is 5.69 Å². The number of alkyl halides is 3. The molecule has 3 aromatic rings. The summed E-state index contributed by atoms with van der Waals surface area (Å²) in [4.78, 5) is 27.5.